The zero-order chi connectivity index (χ0) is 24.5. The maximum absolute atomic E-state index is 11.6. The summed E-state index contributed by atoms with van der Waals surface area (Å²) in [6.07, 6.45) is 8.04. The SMILES string of the molecule is C=C(C)C(=O)Oc1ccc(C=Cc2ccc(C=Cc3ccc(OC(=O)C(=C)C)cc3)cc2)cc1. The maximum atomic E-state index is 11.6. The van der Waals surface area contributed by atoms with E-state index in [1.807, 2.05) is 72.8 Å². The largest absolute Gasteiger partial charge is 0.423 e. The number of hydrogen-bond acceptors (Lipinski definition) is 4. The van der Waals surface area contributed by atoms with Crippen molar-refractivity contribution in [1.82, 2.24) is 0 Å². The molecule has 34 heavy (non-hydrogen) atoms. The van der Waals surface area contributed by atoms with Gasteiger partial charge >= 0.3 is 11.9 Å². The van der Waals surface area contributed by atoms with Gasteiger partial charge in [-0.1, -0.05) is 86.0 Å². The first kappa shape index (κ1) is 24.2. The first-order valence-electron chi connectivity index (χ1n) is 10.7. The van der Waals surface area contributed by atoms with Crippen molar-refractivity contribution >= 4 is 36.2 Å². The van der Waals surface area contributed by atoms with Crippen LogP contribution >= 0.6 is 0 Å². The van der Waals surface area contributed by atoms with Crippen LogP contribution in [0.1, 0.15) is 36.1 Å². The molecule has 3 aromatic rings. The lowest BCUT2D eigenvalue weighted by Gasteiger charge is -2.04. The Morgan fingerprint density at radius 2 is 0.765 bits per heavy atom. The van der Waals surface area contributed by atoms with E-state index in [-0.39, 0.29) is 0 Å². The highest BCUT2D eigenvalue weighted by molar-refractivity contribution is 5.89. The maximum Gasteiger partial charge on any atom is 0.338 e. The first-order chi connectivity index (χ1) is 16.3. The monoisotopic (exact) mass is 450 g/mol. The first-order valence-corrected chi connectivity index (χ1v) is 10.7. The van der Waals surface area contributed by atoms with Crippen LogP contribution in [0.3, 0.4) is 0 Å². The third-order valence-corrected chi connectivity index (χ3v) is 4.75. The molecule has 0 N–H and O–H groups in total. The Morgan fingerprint density at radius 1 is 0.529 bits per heavy atom. The van der Waals surface area contributed by atoms with E-state index < -0.39 is 11.9 Å². The number of esters is 2. The summed E-state index contributed by atoms with van der Waals surface area (Å²) in [7, 11) is 0. The predicted octanol–water partition coefficient (Wildman–Crippen LogP) is 6.99. The van der Waals surface area contributed by atoms with Gasteiger partial charge in [0.1, 0.15) is 11.5 Å². The van der Waals surface area contributed by atoms with E-state index in [1.54, 1.807) is 38.1 Å². The molecule has 170 valence electrons. The second kappa shape index (κ2) is 11.4. The van der Waals surface area contributed by atoms with Gasteiger partial charge in [0.05, 0.1) is 0 Å². The lowest BCUT2D eigenvalue weighted by Crippen LogP contribution is -2.07. The molecule has 0 heterocycles. The topological polar surface area (TPSA) is 52.6 Å². The van der Waals surface area contributed by atoms with Crippen molar-refractivity contribution in [1.29, 1.82) is 0 Å². The Balaban J connectivity index is 1.56. The molecule has 0 aliphatic carbocycles. The molecule has 0 aliphatic rings. The molecule has 4 heteroatoms. The number of ether oxygens (including phenoxy) is 2. The van der Waals surface area contributed by atoms with Gasteiger partial charge in [-0.3, -0.25) is 0 Å². The molecule has 0 aliphatic heterocycles. The normalized spacial score (nSPS) is 10.9. The summed E-state index contributed by atoms with van der Waals surface area (Å²) in [6, 6.07) is 22.7. The summed E-state index contributed by atoms with van der Waals surface area (Å²) in [5, 5.41) is 0. The van der Waals surface area contributed by atoms with Crippen molar-refractivity contribution in [3.05, 3.63) is 119 Å². The third-order valence-electron chi connectivity index (χ3n) is 4.75. The molecule has 0 unspecified atom stereocenters. The Hall–Kier alpha value is -4.44. The Labute approximate surface area is 200 Å². The van der Waals surface area contributed by atoms with Gasteiger partial charge in [0.25, 0.3) is 0 Å². The van der Waals surface area contributed by atoms with Gasteiger partial charge in [-0.25, -0.2) is 9.59 Å². The van der Waals surface area contributed by atoms with Gasteiger partial charge in [-0.2, -0.15) is 0 Å². The third kappa shape index (κ3) is 7.31. The van der Waals surface area contributed by atoms with Crippen LogP contribution in [0.2, 0.25) is 0 Å². The molecule has 0 saturated heterocycles. The highest BCUT2D eigenvalue weighted by atomic mass is 16.5. The van der Waals surface area contributed by atoms with Crippen LogP contribution in [-0.2, 0) is 9.59 Å². The van der Waals surface area contributed by atoms with Crippen LogP contribution in [0.5, 0.6) is 11.5 Å². The van der Waals surface area contributed by atoms with E-state index in [9.17, 15) is 9.59 Å². The van der Waals surface area contributed by atoms with Crippen molar-refractivity contribution in [2.75, 3.05) is 0 Å². The predicted molar refractivity (Wildman–Crippen MR) is 138 cm³/mol. The minimum absolute atomic E-state index is 0.363. The molecule has 3 rings (SSSR count). The van der Waals surface area contributed by atoms with E-state index in [0.29, 0.717) is 22.6 Å². The zero-order valence-corrected chi connectivity index (χ0v) is 19.3. The van der Waals surface area contributed by atoms with E-state index in [0.717, 1.165) is 22.3 Å². The molecule has 0 radical (unpaired) electrons. The summed E-state index contributed by atoms with van der Waals surface area (Å²) in [4.78, 5) is 23.1. The summed E-state index contributed by atoms with van der Waals surface area (Å²) in [5.74, 6) is 0.115. The van der Waals surface area contributed by atoms with Crippen LogP contribution in [0.15, 0.2) is 97.1 Å². The molecule has 0 aromatic heterocycles. The number of hydrogen-bond donors (Lipinski definition) is 0. The zero-order valence-electron chi connectivity index (χ0n) is 19.3. The van der Waals surface area contributed by atoms with Gasteiger partial charge < -0.3 is 9.47 Å². The van der Waals surface area contributed by atoms with Gasteiger partial charge in [0, 0.05) is 11.1 Å². The molecule has 0 fully saturated rings. The minimum Gasteiger partial charge on any atom is -0.423 e. The van der Waals surface area contributed by atoms with Crippen LogP contribution in [0, 0.1) is 0 Å². The van der Waals surface area contributed by atoms with Gasteiger partial charge in [-0.05, 0) is 60.4 Å². The second-order valence-electron chi connectivity index (χ2n) is 7.81. The second-order valence-corrected chi connectivity index (χ2v) is 7.81. The molecule has 4 nitrogen and oxygen atoms in total. The fraction of sp³-hybridized carbons (Fsp3) is 0.0667. The summed E-state index contributed by atoms with van der Waals surface area (Å²) in [6.45, 7) is 10.4. The van der Waals surface area contributed by atoms with Crippen molar-refractivity contribution in [2.45, 2.75) is 13.8 Å². The quantitative estimate of drug-likeness (QED) is 0.161. The van der Waals surface area contributed by atoms with Crippen molar-refractivity contribution in [3.63, 3.8) is 0 Å². The van der Waals surface area contributed by atoms with Crippen molar-refractivity contribution < 1.29 is 19.1 Å². The van der Waals surface area contributed by atoms with E-state index >= 15 is 0 Å². The smallest absolute Gasteiger partial charge is 0.338 e. The highest BCUT2D eigenvalue weighted by Gasteiger charge is 2.05. The van der Waals surface area contributed by atoms with E-state index in [1.165, 1.54) is 0 Å². The summed E-state index contributed by atoms with van der Waals surface area (Å²) in [5.41, 5.74) is 4.86. The van der Waals surface area contributed by atoms with Crippen LogP contribution in [-0.4, -0.2) is 11.9 Å². The summed E-state index contributed by atoms with van der Waals surface area (Å²) >= 11 is 0. The van der Waals surface area contributed by atoms with Crippen molar-refractivity contribution in [3.8, 4) is 11.5 Å². The van der Waals surface area contributed by atoms with Crippen molar-refractivity contribution in [2.24, 2.45) is 0 Å². The highest BCUT2D eigenvalue weighted by Crippen LogP contribution is 2.18. The standard InChI is InChI=1S/C30H26O4/c1-21(2)29(31)33-27-17-13-25(14-18-27)11-9-23-5-7-24(8-6-23)10-12-26-15-19-28(20-16-26)34-30(32)22(3)4/h5-20H,1,3H2,2,4H3. The molecule has 0 bridgehead atoms. The van der Waals surface area contributed by atoms with Gasteiger partial charge in [0.2, 0.25) is 0 Å². The molecule has 3 aromatic carbocycles. The average molecular weight is 451 g/mol. The molecule has 0 spiro atoms. The lowest BCUT2D eigenvalue weighted by atomic mass is 10.1. The Morgan fingerprint density at radius 3 is 1.00 bits per heavy atom. The molecular weight excluding hydrogens is 424 g/mol. The van der Waals surface area contributed by atoms with Gasteiger partial charge in [0.15, 0.2) is 0 Å². The fourth-order valence-electron chi connectivity index (χ4n) is 2.79. The fourth-order valence-corrected chi connectivity index (χ4v) is 2.79. The summed E-state index contributed by atoms with van der Waals surface area (Å²) < 4.78 is 10.4. The number of rotatable bonds is 8. The van der Waals surface area contributed by atoms with Crippen LogP contribution in [0.25, 0.3) is 24.3 Å². The van der Waals surface area contributed by atoms with E-state index in [2.05, 4.69) is 13.2 Å². The number of benzene rings is 3. The van der Waals surface area contributed by atoms with Crippen LogP contribution < -0.4 is 9.47 Å². The Kier molecular flexibility index (Phi) is 8.14. The number of carbonyl (C=O) groups is 2. The lowest BCUT2D eigenvalue weighted by molar-refractivity contribution is -0.130. The Bertz CT molecular complexity index is 1140. The van der Waals surface area contributed by atoms with Gasteiger partial charge in [-0.15, -0.1) is 0 Å². The number of carbonyl (C=O) groups excluding carboxylic acids is 2. The average Bonchev–Trinajstić information content (AvgIpc) is 2.83. The molecule has 0 amide bonds. The molecule has 0 saturated carbocycles. The molecular formula is C30H26O4. The van der Waals surface area contributed by atoms with Crippen LogP contribution in [0.4, 0.5) is 0 Å². The minimum atomic E-state index is -0.432. The van der Waals surface area contributed by atoms with E-state index in [4.69, 9.17) is 9.47 Å². The molecule has 0 atom stereocenters.